The number of rotatable bonds is 18. The number of anilines is 1. The van der Waals surface area contributed by atoms with E-state index >= 15 is 0 Å². The van der Waals surface area contributed by atoms with Crippen LogP contribution in [0.4, 0.5) is 5.95 Å². The fourth-order valence-corrected chi connectivity index (χ4v) is 7.75. The molecule has 0 bridgehead atoms. The predicted octanol–water partition coefficient (Wildman–Crippen LogP) is 4.55. The number of hydrogen-bond acceptors (Lipinski definition) is 12. The van der Waals surface area contributed by atoms with E-state index in [0.717, 1.165) is 0 Å². The van der Waals surface area contributed by atoms with Crippen molar-refractivity contribution in [1.29, 1.82) is 0 Å². The Morgan fingerprint density at radius 2 is 1.50 bits per heavy atom. The minimum Gasteiger partial charge on any atom is -0.494 e. The number of nitrogens with two attached hydrogens (primary N) is 1. The van der Waals surface area contributed by atoms with Crippen molar-refractivity contribution in [3.8, 4) is 11.5 Å². The van der Waals surface area contributed by atoms with Crippen LogP contribution in [0, 0.1) is 13.8 Å². The summed E-state index contributed by atoms with van der Waals surface area (Å²) in [4.78, 5) is 61.3. The Balaban J connectivity index is 1.44. The lowest BCUT2D eigenvalue weighted by molar-refractivity contribution is -0.110. The standard InChI is InChI=1S/C40H46N10O9S/c1-8-49-27(16-22(3)45-49)36(52)43-39-42-26-18-25(38(54)55)20-29(56-5)33(26)47(39)13-10-11-14-48-34-30(59-15-12-32(57-6)58-7)19-24(35(41)51)21-31(34)60-40(48)44-37(53)28-17-23(4)46-50(28)9-2/h10-11,16-21,32H,8-9,12-15H2,1-7H3,(H2,41,51)(H,54,55)(H,42,43,52)/b11-10+,44-40?. The molecule has 0 aliphatic heterocycles. The SMILES string of the molecule is CCn1nc(C)cc1C(=O)N=c1sc2cc(C(N)=O)cc(OCCC(OC)OC)c2n1C/C=C/Cn1c(NC(=O)c2cc(C)nn2CC)nc2cc(C(=O)O)cc(OC)c21. The Labute approximate surface area is 347 Å². The van der Waals surface area contributed by atoms with Gasteiger partial charge >= 0.3 is 5.97 Å². The summed E-state index contributed by atoms with van der Waals surface area (Å²) in [5, 5.41) is 21.5. The smallest absolute Gasteiger partial charge is 0.335 e. The van der Waals surface area contributed by atoms with Crippen LogP contribution in [0.1, 0.15) is 73.3 Å². The van der Waals surface area contributed by atoms with Crippen molar-refractivity contribution in [3.05, 3.63) is 87.3 Å². The van der Waals surface area contributed by atoms with E-state index in [4.69, 9.17) is 24.7 Å². The fourth-order valence-electron chi connectivity index (χ4n) is 6.66. The summed E-state index contributed by atoms with van der Waals surface area (Å²) in [5.74, 6) is -2.12. The van der Waals surface area contributed by atoms with Crippen LogP contribution < -0.4 is 25.3 Å². The zero-order chi connectivity index (χ0) is 43.2. The van der Waals surface area contributed by atoms with Gasteiger partial charge in [0.2, 0.25) is 11.9 Å². The number of benzene rings is 2. The van der Waals surface area contributed by atoms with Gasteiger partial charge in [0.15, 0.2) is 11.1 Å². The number of aromatic nitrogens is 7. The highest BCUT2D eigenvalue weighted by Gasteiger charge is 2.23. The van der Waals surface area contributed by atoms with Crippen molar-refractivity contribution in [1.82, 2.24) is 33.7 Å². The van der Waals surface area contributed by atoms with E-state index in [2.05, 4.69) is 25.5 Å². The average Bonchev–Trinajstić information content (AvgIpc) is 3.99. The lowest BCUT2D eigenvalue weighted by atomic mass is 10.2. The highest BCUT2D eigenvalue weighted by Crippen LogP contribution is 2.32. The molecule has 6 aromatic rings. The first-order valence-electron chi connectivity index (χ1n) is 18.9. The zero-order valence-electron chi connectivity index (χ0n) is 34.2. The van der Waals surface area contributed by atoms with Gasteiger partial charge in [-0.2, -0.15) is 15.2 Å². The lowest BCUT2D eigenvalue weighted by Crippen LogP contribution is -2.20. The van der Waals surface area contributed by atoms with Crippen LogP contribution in [0.2, 0.25) is 0 Å². The normalized spacial score (nSPS) is 12.0. The summed E-state index contributed by atoms with van der Waals surface area (Å²) in [6.07, 6.45) is 3.48. The second kappa shape index (κ2) is 18.5. The first kappa shape index (κ1) is 43.0. The van der Waals surface area contributed by atoms with E-state index in [1.807, 2.05) is 26.0 Å². The molecule has 0 fully saturated rings. The molecule has 0 saturated heterocycles. The summed E-state index contributed by atoms with van der Waals surface area (Å²) >= 11 is 1.18. The van der Waals surface area contributed by atoms with E-state index in [0.29, 0.717) is 68.6 Å². The van der Waals surface area contributed by atoms with Crippen molar-refractivity contribution < 1.29 is 43.2 Å². The number of nitrogens with zero attached hydrogens (tertiary/aromatic N) is 8. The molecule has 0 atom stereocenters. The molecule has 2 aromatic carbocycles. The molecule has 0 aliphatic carbocycles. The van der Waals surface area contributed by atoms with Gasteiger partial charge in [0.05, 0.1) is 40.9 Å². The number of amides is 3. The molecule has 4 heterocycles. The second-order valence-electron chi connectivity index (χ2n) is 13.4. The van der Waals surface area contributed by atoms with E-state index < -0.39 is 30.0 Å². The van der Waals surface area contributed by atoms with E-state index in [1.54, 1.807) is 56.6 Å². The molecule has 20 heteroatoms. The summed E-state index contributed by atoms with van der Waals surface area (Å²) in [5.41, 5.74) is 9.14. The van der Waals surface area contributed by atoms with Crippen molar-refractivity contribution in [3.63, 3.8) is 0 Å². The van der Waals surface area contributed by atoms with Crippen molar-refractivity contribution in [2.24, 2.45) is 10.7 Å². The van der Waals surface area contributed by atoms with Crippen LogP contribution in [0.5, 0.6) is 11.5 Å². The van der Waals surface area contributed by atoms with Gasteiger partial charge in [0.25, 0.3) is 11.8 Å². The van der Waals surface area contributed by atoms with E-state index in [1.165, 1.54) is 44.8 Å². The number of allylic oxidation sites excluding steroid dienone is 2. The number of aromatic carboxylic acids is 1. The van der Waals surface area contributed by atoms with Gasteiger partial charge in [-0.1, -0.05) is 23.5 Å². The molecule has 0 spiro atoms. The highest BCUT2D eigenvalue weighted by molar-refractivity contribution is 7.16. The first-order chi connectivity index (χ1) is 28.8. The van der Waals surface area contributed by atoms with Gasteiger partial charge in [0.1, 0.15) is 33.9 Å². The third-order valence-electron chi connectivity index (χ3n) is 9.46. The lowest BCUT2D eigenvalue weighted by Gasteiger charge is -2.15. The highest BCUT2D eigenvalue weighted by atomic mass is 32.1. The molecule has 3 amide bonds. The van der Waals surface area contributed by atoms with Crippen molar-refractivity contribution in [2.75, 3.05) is 33.3 Å². The Kier molecular flexibility index (Phi) is 13.3. The van der Waals surface area contributed by atoms with Crippen LogP contribution in [0.25, 0.3) is 21.3 Å². The molecular weight excluding hydrogens is 797 g/mol. The monoisotopic (exact) mass is 842 g/mol. The molecular formula is C40H46N10O9S. The summed E-state index contributed by atoms with van der Waals surface area (Å²) in [6, 6.07) is 9.31. The molecule has 316 valence electrons. The summed E-state index contributed by atoms with van der Waals surface area (Å²) in [7, 11) is 4.46. The quantitative estimate of drug-likeness (QED) is 0.0799. The van der Waals surface area contributed by atoms with Gasteiger partial charge in [-0.25, -0.2) is 9.78 Å². The number of carboxylic acids is 1. The first-order valence-corrected chi connectivity index (χ1v) is 19.7. The Hall–Kier alpha value is -6.64. The number of methoxy groups -OCH3 is 3. The number of primary amides is 1. The maximum Gasteiger partial charge on any atom is 0.335 e. The number of fused-ring (bicyclic) bond motifs is 2. The van der Waals surface area contributed by atoms with Crippen LogP contribution >= 0.6 is 11.3 Å². The Morgan fingerprint density at radius 3 is 2.12 bits per heavy atom. The van der Waals surface area contributed by atoms with E-state index in [-0.39, 0.29) is 48.0 Å². The van der Waals surface area contributed by atoms with Crippen LogP contribution in [-0.2, 0) is 35.7 Å². The van der Waals surface area contributed by atoms with Crippen molar-refractivity contribution >= 4 is 62.2 Å². The Bertz CT molecular complexity index is 2700. The molecule has 60 heavy (non-hydrogen) atoms. The number of aryl methyl sites for hydroxylation is 4. The largest absolute Gasteiger partial charge is 0.494 e. The number of imidazole rings is 1. The fraction of sp³-hybridized carbons (Fsp3) is 0.350. The molecule has 0 aliphatic rings. The van der Waals surface area contributed by atoms with Gasteiger partial charge < -0.3 is 38.9 Å². The molecule has 0 saturated carbocycles. The maximum atomic E-state index is 13.7. The van der Waals surface area contributed by atoms with Gasteiger partial charge in [-0.15, -0.1) is 0 Å². The third kappa shape index (κ3) is 8.99. The van der Waals surface area contributed by atoms with Gasteiger partial charge in [0, 0.05) is 52.4 Å². The average molecular weight is 843 g/mol. The van der Waals surface area contributed by atoms with Crippen LogP contribution in [-0.4, -0.2) is 96.7 Å². The number of hydrogen-bond donors (Lipinski definition) is 3. The number of thiazole rings is 1. The minimum absolute atomic E-state index is 0.0433. The molecule has 0 unspecified atom stereocenters. The van der Waals surface area contributed by atoms with E-state index in [9.17, 15) is 24.3 Å². The molecule has 19 nitrogen and oxygen atoms in total. The zero-order valence-corrected chi connectivity index (χ0v) is 35.0. The molecule has 4 aromatic heterocycles. The third-order valence-corrected chi connectivity index (χ3v) is 10.5. The predicted molar refractivity (Wildman–Crippen MR) is 222 cm³/mol. The van der Waals surface area contributed by atoms with Gasteiger partial charge in [-0.05, 0) is 64.1 Å². The Morgan fingerprint density at radius 1 is 0.867 bits per heavy atom. The minimum atomic E-state index is -1.17. The van der Waals surface area contributed by atoms with Crippen molar-refractivity contribution in [2.45, 2.75) is 66.6 Å². The topological polar surface area (TPSA) is 234 Å². The summed E-state index contributed by atoms with van der Waals surface area (Å²) in [6.45, 7) is 8.69. The number of carboxylic acid groups (broad SMARTS) is 1. The van der Waals surface area contributed by atoms with Crippen LogP contribution in [0.3, 0.4) is 0 Å². The number of carbonyl (C=O) groups excluding carboxylic acids is 3. The maximum absolute atomic E-state index is 13.7. The summed E-state index contributed by atoms with van der Waals surface area (Å²) < 4.78 is 29.7. The molecule has 0 radical (unpaired) electrons. The van der Waals surface area contributed by atoms with Crippen LogP contribution in [0.15, 0.2) is 53.5 Å². The molecule has 4 N–H and O–H groups in total. The van der Waals surface area contributed by atoms with Gasteiger partial charge in [-0.3, -0.25) is 29.1 Å². The number of carbonyl (C=O) groups is 4. The number of nitrogens with one attached hydrogen (secondary N) is 1. The molecule has 6 rings (SSSR count). The second-order valence-corrected chi connectivity index (χ2v) is 14.4. The number of ether oxygens (including phenoxy) is 4.